The highest BCUT2D eigenvalue weighted by Crippen LogP contribution is 2.34. The molecule has 0 spiro atoms. The second kappa shape index (κ2) is 9.23. The van der Waals surface area contributed by atoms with E-state index in [9.17, 15) is 0 Å². The van der Waals surface area contributed by atoms with Crippen LogP contribution in [-0.4, -0.2) is 54.1 Å². The van der Waals surface area contributed by atoms with Crippen LogP contribution in [0.4, 0.5) is 0 Å². The summed E-state index contributed by atoms with van der Waals surface area (Å²) in [6.45, 7) is 5.85. The van der Waals surface area contributed by atoms with Crippen molar-refractivity contribution in [1.82, 2.24) is 20.3 Å². The predicted octanol–water partition coefficient (Wildman–Crippen LogP) is 2.09. The van der Waals surface area contributed by atoms with Gasteiger partial charge in [-0.05, 0) is 37.5 Å². The number of aromatic nitrogens is 3. The van der Waals surface area contributed by atoms with Gasteiger partial charge in [-0.2, -0.15) is 0 Å². The molecule has 3 rings (SSSR count). The molecular formula is C19H28N4O3. The van der Waals surface area contributed by atoms with E-state index in [0.717, 1.165) is 17.9 Å². The standard InChI is InChI=1S/C19H28N4O3/c1-19(7-8-19)20-13-16-3-5-18(6-4-16)23-14-17(21-22-23)15-26-12-11-25-10-9-24-2/h3-6,14,20H,7-13,15H2,1-2H3. The summed E-state index contributed by atoms with van der Waals surface area (Å²) in [7, 11) is 1.65. The molecule has 0 amide bonds. The van der Waals surface area contributed by atoms with E-state index in [1.54, 1.807) is 11.8 Å². The van der Waals surface area contributed by atoms with E-state index in [4.69, 9.17) is 14.2 Å². The van der Waals surface area contributed by atoms with E-state index in [2.05, 4.69) is 46.8 Å². The Kier molecular flexibility index (Phi) is 6.73. The van der Waals surface area contributed by atoms with E-state index in [-0.39, 0.29) is 0 Å². The summed E-state index contributed by atoms with van der Waals surface area (Å²) in [4.78, 5) is 0. The average molecular weight is 360 g/mol. The summed E-state index contributed by atoms with van der Waals surface area (Å²) >= 11 is 0. The van der Waals surface area contributed by atoms with Crippen molar-refractivity contribution in [2.24, 2.45) is 0 Å². The fraction of sp³-hybridized carbons (Fsp3) is 0.579. The van der Waals surface area contributed by atoms with Crippen LogP contribution < -0.4 is 5.32 Å². The minimum atomic E-state index is 0.355. The van der Waals surface area contributed by atoms with Crippen molar-refractivity contribution >= 4 is 0 Å². The molecule has 2 aromatic rings. The summed E-state index contributed by atoms with van der Waals surface area (Å²) in [5, 5.41) is 11.9. The number of rotatable bonds is 12. The first kappa shape index (κ1) is 19.0. The molecule has 1 N–H and O–H groups in total. The summed E-state index contributed by atoms with van der Waals surface area (Å²) in [6.07, 6.45) is 4.44. The van der Waals surface area contributed by atoms with Gasteiger partial charge in [0.25, 0.3) is 0 Å². The Morgan fingerprint density at radius 3 is 2.54 bits per heavy atom. The van der Waals surface area contributed by atoms with Crippen LogP contribution in [0.2, 0.25) is 0 Å². The maximum atomic E-state index is 5.55. The van der Waals surface area contributed by atoms with E-state index >= 15 is 0 Å². The van der Waals surface area contributed by atoms with Gasteiger partial charge in [0.15, 0.2) is 0 Å². The average Bonchev–Trinajstić information content (AvgIpc) is 3.21. The Labute approximate surface area is 154 Å². The van der Waals surface area contributed by atoms with Crippen LogP contribution in [0.3, 0.4) is 0 Å². The highest BCUT2D eigenvalue weighted by molar-refractivity contribution is 5.34. The van der Waals surface area contributed by atoms with Crippen molar-refractivity contribution in [3.8, 4) is 5.69 Å². The lowest BCUT2D eigenvalue weighted by Gasteiger charge is -2.11. The Balaban J connectivity index is 1.40. The lowest BCUT2D eigenvalue weighted by atomic mass is 10.2. The zero-order valence-corrected chi connectivity index (χ0v) is 15.6. The summed E-state index contributed by atoms with van der Waals surface area (Å²) in [6, 6.07) is 8.39. The van der Waals surface area contributed by atoms with Gasteiger partial charge in [-0.1, -0.05) is 17.3 Å². The molecule has 1 aromatic heterocycles. The molecule has 1 heterocycles. The van der Waals surface area contributed by atoms with E-state index < -0.39 is 0 Å². The Morgan fingerprint density at radius 1 is 1.08 bits per heavy atom. The molecule has 1 aromatic carbocycles. The quantitative estimate of drug-likeness (QED) is 0.585. The second-order valence-corrected chi connectivity index (χ2v) is 6.89. The molecular weight excluding hydrogens is 332 g/mol. The summed E-state index contributed by atoms with van der Waals surface area (Å²) in [5.41, 5.74) is 3.43. The lowest BCUT2D eigenvalue weighted by molar-refractivity contribution is 0.0192. The fourth-order valence-corrected chi connectivity index (χ4v) is 2.48. The molecule has 0 radical (unpaired) electrons. The largest absolute Gasteiger partial charge is 0.382 e. The van der Waals surface area contributed by atoms with Gasteiger partial charge in [0.2, 0.25) is 0 Å². The minimum absolute atomic E-state index is 0.355. The molecule has 1 aliphatic rings. The summed E-state index contributed by atoms with van der Waals surface area (Å²) in [5.74, 6) is 0. The first-order chi connectivity index (χ1) is 12.7. The molecule has 7 nitrogen and oxygen atoms in total. The molecule has 0 aliphatic heterocycles. The zero-order valence-electron chi connectivity index (χ0n) is 15.6. The molecule has 26 heavy (non-hydrogen) atoms. The van der Waals surface area contributed by atoms with Gasteiger partial charge in [0.1, 0.15) is 5.69 Å². The van der Waals surface area contributed by atoms with Crippen LogP contribution in [0.15, 0.2) is 30.5 Å². The van der Waals surface area contributed by atoms with E-state index in [1.807, 2.05) is 6.20 Å². The van der Waals surface area contributed by atoms with Gasteiger partial charge in [-0.15, -0.1) is 5.10 Å². The minimum Gasteiger partial charge on any atom is -0.382 e. The van der Waals surface area contributed by atoms with Crippen LogP contribution >= 0.6 is 0 Å². The Hall–Kier alpha value is -1.80. The van der Waals surface area contributed by atoms with Gasteiger partial charge >= 0.3 is 0 Å². The topological polar surface area (TPSA) is 70.4 Å². The van der Waals surface area contributed by atoms with Gasteiger partial charge in [0.05, 0.1) is 44.9 Å². The van der Waals surface area contributed by atoms with Gasteiger partial charge in [0, 0.05) is 19.2 Å². The normalized spacial score (nSPS) is 15.3. The third kappa shape index (κ3) is 5.88. The molecule has 0 atom stereocenters. The van der Waals surface area contributed by atoms with Crippen molar-refractivity contribution in [2.45, 2.75) is 38.5 Å². The third-order valence-corrected chi connectivity index (χ3v) is 4.51. The second-order valence-electron chi connectivity index (χ2n) is 6.89. The zero-order chi connectivity index (χ0) is 18.2. The van der Waals surface area contributed by atoms with Gasteiger partial charge in [-0.3, -0.25) is 0 Å². The first-order valence-electron chi connectivity index (χ1n) is 9.08. The van der Waals surface area contributed by atoms with E-state index in [1.165, 1.54) is 18.4 Å². The van der Waals surface area contributed by atoms with Crippen molar-refractivity contribution in [1.29, 1.82) is 0 Å². The molecule has 1 aliphatic carbocycles. The number of hydrogen-bond donors (Lipinski definition) is 1. The van der Waals surface area contributed by atoms with Crippen molar-refractivity contribution in [3.05, 3.63) is 41.7 Å². The first-order valence-corrected chi connectivity index (χ1v) is 9.08. The Bertz CT molecular complexity index is 668. The number of ether oxygens (including phenoxy) is 3. The monoisotopic (exact) mass is 360 g/mol. The molecule has 0 bridgehead atoms. The third-order valence-electron chi connectivity index (χ3n) is 4.51. The SMILES string of the molecule is COCCOCCOCc1cn(-c2ccc(CNC3(C)CC3)cc2)nn1. The van der Waals surface area contributed by atoms with Crippen molar-refractivity contribution in [3.63, 3.8) is 0 Å². The van der Waals surface area contributed by atoms with Crippen molar-refractivity contribution in [2.75, 3.05) is 33.5 Å². The molecule has 0 saturated heterocycles. The fourth-order valence-electron chi connectivity index (χ4n) is 2.48. The number of nitrogens with one attached hydrogen (secondary N) is 1. The van der Waals surface area contributed by atoms with Gasteiger partial charge < -0.3 is 19.5 Å². The van der Waals surface area contributed by atoms with Crippen LogP contribution in [0, 0.1) is 0 Å². The maximum Gasteiger partial charge on any atom is 0.109 e. The Morgan fingerprint density at radius 2 is 1.81 bits per heavy atom. The lowest BCUT2D eigenvalue weighted by Crippen LogP contribution is -2.26. The van der Waals surface area contributed by atoms with Crippen LogP contribution in [-0.2, 0) is 27.4 Å². The molecule has 0 unspecified atom stereocenters. The molecule has 7 heteroatoms. The van der Waals surface area contributed by atoms with Gasteiger partial charge in [-0.25, -0.2) is 4.68 Å². The number of hydrogen-bond acceptors (Lipinski definition) is 6. The van der Waals surface area contributed by atoms with Crippen LogP contribution in [0.5, 0.6) is 0 Å². The maximum absolute atomic E-state index is 5.55. The van der Waals surface area contributed by atoms with Crippen molar-refractivity contribution < 1.29 is 14.2 Å². The summed E-state index contributed by atoms with van der Waals surface area (Å²) < 4.78 is 17.6. The van der Waals surface area contributed by atoms with Crippen LogP contribution in [0.25, 0.3) is 5.69 Å². The number of methoxy groups -OCH3 is 1. The highest BCUT2D eigenvalue weighted by Gasteiger charge is 2.36. The molecule has 1 saturated carbocycles. The highest BCUT2D eigenvalue weighted by atomic mass is 16.5. The predicted molar refractivity (Wildman–Crippen MR) is 98.2 cm³/mol. The molecule has 142 valence electrons. The molecule has 1 fully saturated rings. The number of nitrogens with zero attached hydrogens (tertiary/aromatic N) is 3. The van der Waals surface area contributed by atoms with Crippen LogP contribution in [0.1, 0.15) is 31.0 Å². The van der Waals surface area contributed by atoms with E-state index in [0.29, 0.717) is 38.6 Å². The smallest absolute Gasteiger partial charge is 0.109 e. The number of benzene rings is 1.